The van der Waals surface area contributed by atoms with Crippen LogP contribution in [0.2, 0.25) is 0 Å². The number of carbonyl (C=O) groups excluding carboxylic acids is 2. The predicted molar refractivity (Wildman–Crippen MR) is 43.9 cm³/mol. The molecule has 0 spiro atoms. The van der Waals surface area contributed by atoms with Gasteiger partial charge in [0.1, 0.15) is 6.10 Å². The molecule has 0 heterocycles. The van der Waals surface area contributed by atoms with Crippen LogP contribution in [0.3, 0.4) is 0 Å². The molecule has 5 nitrogen and oxygen atoms in total. The molecule has 5 heteroatoms. The first-order valence-electron chi connectivity index (χ1n) is 3.97. The molecule has 0 aliphatic carbocycles. The van der Waals surface area contributed by atoms with Crippen molar-refractivity contribution < 1.29 is 24.2 Å². The molecule has 13 heavy (non-hydrogen) atoms. The Balaban J connectivity index is 3.64. The van der Waals surface area contributed by atoms with Gasteiger partial charge in [0, 0.05) is 0 Å². The fourth-order valence-electron chi connectivity index (χ4n) is 0.548. The molecule has 0 rings (SSSR count). The van der Waals surface area contributed by atoms with E-state index >= 15 is 0 Å². The van der Waals surface area contributed by atoms with E-state index in [9.17, 15) is 9.59 Å². The van der Waals surface area contributed by atoms with E-state index in [-0.39, 0.29) is 6.10 Å². The van der Waals surface area contributed by atoms with Gasteiger partial charge in [-0.25, -0.2) is 9.59 Å². The van der Waals surface area contributed by atoms with Crippen LogP contribution in [0.1, 0.15) is 20.8 Å². The Morgan fingerprint density at radius 3 is 2.23 bits per heavy atom. The number of ether oxygens (including phenoxy) is 2. The lowest BCUT2D eigenvalue weighted by atomic mass is 10.4. The number of hydrogen-bond acceptors (Lipinski definition) is 5. The second kappa shape index (κ2) is 5.53. The fraction of sp³-hybridized carbons (Fsp3) is 0.750. The second-order valence-corrected chi connectivity index (χ2v) is 2.82. The van der Waals surface area contributed by atoms with Crippen LogP contribution in [0.15, 0.2) is 0 Å². The zero-order valence-electron chi connectivity index (χ0n) is 7.94. The summed E-state index contributed by atoms with van der Waals surface area (Å²) in [6.45, 7) is 4.18. The monoisotopic (exact) mass is 190 g/mol. The van der Waals surface area contributed by atoms with Gasteiger partial charge in [0.05, 0.1) is 6.10 Å². The van der Waals surface area contributed by atoms with E-state index in [2.05, 4.69) is 9.47 Å². The Morgan fingerprint density at radius 2 is 1.85 bits per heavy atom. The lowest BCUT2D eigenvalue weighted by molar-refractivity contribution is -0.165. The summed E-state index contributed by atoms with van der Waals surface area (Å²) >= 11 is 0. The Bertz CT molecular complexity index is 185. The lowest BCUT2D eigenvalue weighted by Crippen LogP contribution is -2.24. The summed E-state index contributed by atoms with van der Waals surface area (Å²) < 4.78 is 9.09. The van der Waals surface area contributed by atoms with Gasteiger partial charge in [-0.15, -0.1) is 0 Å². The maximum absolute atomic E-state index is 10.8. The third-order valence-electron chi connectivity index (χ3n) is 1.04. The summed E-state index contributed by atoms with van der Waals surface area (Å²) in [7, 11) is 0. The average molecular weight is 190 g/mol. The van der Waals surface area contributed by atoms with Crippen molar-refractivity contribution in [1.82, 2.24) is 0 Å². The molecule has 0 radical (unpaired) electrons. The van der Waals surface area contributed by atoms with E-state index in [0.717, 1.165) is 0 Å². The number of esters is 2. The Kier molecular flexibility index (Phi) is 5.06. The van der Waals surface area contributed by atoms with E-state index in [0.29, 0.717) is 0 Å². The van der Waals surface area contributed by atoms with Crippen LogP contribution in [-0.4, -0.2) is 35.9 Å². The molecule has 0 aromatic rings. The smallest absolute Gasteiger partial charge is 0.344 e. The molecular formula is C8H14O5. The summed E-state index contributed by atoms with van der Waals surface area (Å²) in [5.74, 6) is -1.45. The maximum Gasteiger partial charge on any atom is 0.344 e. The van der Waals surface area contributed by atoms with E-state index in [1.54, 1.807) is 13.8 Å². The first-order chi connectivity index (χ1) is 5.93. The van der Waals surface area contributed by atoms with E-state index < -0.39 is 24.6 Å². The number of carbonyl (C=O) groups is 2. The topological polar surface area (TPSA) is 72.8 Å². The van der Waals surface area contributed by atoms with E-state index in [4.69, 9.17) is 5.11 Å². The van der Waals surface area contributed by atoms with Gasteiger partial charge in [-0.3, -0.25) is 0 Å². The fourth-order valence-corrected chi connectivity index (χ4v) is 0.548. The summed E-state index contributed by atoms with van der Waals surface area (Å²) in [5, 5.41) is 8.69. The maximum atomic E-state index is 10.8. The van der Waals surface area contributed by atoms with Gasteiger partial charge in [0.2, 0.25) is 0 Å². The third-order valence-corrected chi connectivity index (χ3v) is 1.04. The van der Waals surface area contributed by atoms with Crippen LogP contribution in [0.25, 0.3) is 0 Å². The molecule has 0 aromatic carbocycles. The average Bonchev–Trinajstić information content (AvgIpc) is 1.98. The first kappa shape index (κ1) is 11.9. The normalized spacial score (nSPS) is 12.4. The van der Waals surface area contributed by atoms with Gasteiger partial charge >= 0.3 is 11.9 Å². The van der Waals surface area contributed by atoms with Gasteiger partial charge in [-0.05, 0) is 20.8 Å². The summed E-state index contributed by atoms with van der Waals surface area (Å²) in [6.07, 6.45) is -1.45. The zero-order chi connectivity index (χ0) is 10.4. The SMILES string of the molecule is CC(C)OC(=O)COC(=O)C(C)O. The van der Waals surface area contributed by atoms with Crippen molar-refractivity contribution in [2.45, 2.75) is 33.0 Å². The zero-order valence-corrected chi connectivity index (χ0v) is 7.94. The third kappa shape index (κ3) is 6.10. The van der Waals surface area contributed by atoms with Crippen molar-refractivity contribution in [2.24, 2.45) is 0 Å². The number of rotatable bonds is 4. The van der Waals surface area contributed by atoms with E-state index in [1.807, 2.05) is 0 Å². The standard InChI is InChI=1S/C8H14O5/c1-5(2)13-7(10)4-12-8(11)6(3)9/h5-6,9H,4H2,1-3H3. The van der Waals surface area contributed by atoms with Crippen LogP contribution in [0.4, 0.5) is 0 Å². The van der Waals surface area contributed by atoms with Crippen molar-refractivity contribution >= 4 is 11.9 Å². The van der Waals surface area contributed by atoms with Crippen LogP contribution in [0.5, 0.6) is 0 Å². The molecule has 0 saturated carbocycles. The largest absolute Gasteiger partial charge is 0.460 e. The highest BCUT2D eigenvalue weighted by Gasteiger charge is 2.13. The minimum absolute atomic E-state index is 0.238. The molecule has 0 amide bonds. The molecular weight excluding hydrogens is 176 g/mol. The highest BCUT2D eigenvalue weighted by molar-refractivity contribution is 5.78. The highest BCUT2D eigenvalue weighted by atomic mass is 16.6. The minimum Gasteiger partial charge on any atom is -0.460 e. The molecule has 76 valence electrons. The van der Waals surface area contributed by atoms with Crippen LogP contribution < -0.4 is 0 Å². The Labute approximate surface area is 76.6 Å². The molecule has 0 bridgehead atoms. The molecule has 0 aliphatic rings. The Morgan fingerprint density at radius 1 is 1.31 bits per heavy atom. The Hall–Kier alpha value is -1.10. The quantitative estimate of drug-likeness (QED) is 0.625. The lowest BCUT2D eigenvalue weighted by Gasteiger charge is -2.08. The molecule has 1 N–H and O–H groups in total. The van der Waals surface area contributed by atoms with Crippen LogP contribution in [-0.2, 0) is 19.1 Å². The molecule has 0 aromatic heterocycles. The first-order valence-corrected chi connectivity index (χ1v) is 3.97. The van der Waals surface area contributed by atoms with Gasteiger partial charge in [0.15, 0.2) is 6.61 Å². The van der Waals surface area contributed by atoms with Gasteiger partial charge < -0.3 is 14.6 Å². The predicted octanol–water partition coefficient (Wildman–Crippen LogP) is -0.138. The molecule has 0 fully saturated rings. The highest BCUT2D eigenvalue weighted by Crippen LogP contribution is 1.92. The minimum atomic E-state index is -1.22. The van der Waals surface area contributed by atoms with Crippen molar-refractivity contribution in [3.8, 4) is 0 Å². The van der Waals surface area contributed by atoms with Crippen LogP contribution in [0, 0.1) is 0 Å². The van der Waals surface area contributed by atoms with Crippen molar-refractivity contribution in [3.05, 3.63) is 0 Å². The summed E-state index contributed by atoms with van der Waals surface area (Å²) in [6, 6.07) is 0. The molecule has 1 unspecified atom stereocenters. The second-order valence-electron chi connectivity index (χ2n) is 2.82. The van der Waals surface area contributed by atoms with Crippen molar-refractivity contribution in [1.29, 1.82) is 0 Å². The molecule has 0 saturated heterocycles. The van der Waals surface area contributed by atoms with Gasteiger partial charge in [0.25, 0.3) is 0 Å². The summed E-state index contributed by atoms with van der Waals surface area (Å²) in [5.41, 5.74) is 0. The van der Waals surface area contributed by atoms with Gasteiger partial charge in [-0.2, -0.15) is 0 Å². The van der Waals surface area contributed by atoms with Crippen molar-refractivity contribution in [2.75, 3.05) is 6.61 Å². The van der Waals surface area contributed by atoms with E-state index in [1.165, 1.54) is 6.92 Å². The number of hydrogen-bond donors (Lipinski definition) is 1. The van der Waals surface area contributed by atoms with Gasteiger partial charge in [-0.1, -0.05) is 0 Å². The summed E-state index contributed by atoms with van der Waals surface area (Å²) in [4.78, 5) is 21.5. The van der Waals surface area contributed by atoms with Crippen LogP contribution >= 0.6 is 0 Å². The molecule has 0 aliphatic heterocycles. The number of aliphatic hydroxyl groups excluding tert-OH is 1. The van der Waals surface area contributed by atoms with Crippen molar-refractivity contribution in [3.63, 3.8) is 0 Å². The molecule has 1 atom stereocenters. The number of aliphatic hydroxyl groups is 1.